The highest BCUT2D eigenvalue weighted by molar-refractivity contribution is 5.86. The summed E-state index contributed by atoms with van der Waals surface area (Å²) in [6.07, 6.45) is 2.70. The van der Waals surface area contributed by atoms with Crippen molar-refractivity contribution in [1.82, 2.24) is 15.5 Å². The molecule has 0 aromatic rings. The van der Waals surface area contributed by atoms with Crippen molar-refractivity contribution >= 4 is 5.91 Å². The second-order valence-corrected chi connectivity index (χ2v) is 5.88. The van der Waals surface area contributed by atoms with Gasteiger partial charge in [-0.05, 0) is 46.8 Å². The van der Waals surface area contributed by atoms with Gasteiger partial charge in [-0.1, -0.05) is 6.92 Å². The molecule has 1 heterocycles. The summed E-state index contributed by atoms with van der Waals surface area (Å²) in [5.74, 6) is 0.0153. The maximum absolute atomic E-state index is 12.2. The maximum atomic E-state index is 12.2. The molecule has 0 saturated carbocycles. The first-order chi connectivity index (χ1) is 8.31. The molecule has 0 aliphatic carbocycles. The molecule has 18 heavy (non-hydrogen) atoms. The molecule has 0 aromatic carbocycles. The van der Waals surface area contributed by atoms with Crippen molar-refractivity contribution in [3.63, 3.8) is 0 Å². The standard InChI is InChI=1S/C13H27N3O2/c1-5-13(7-6-8-15-13)11(17)14-9-12(2,18)10-16(3)4/h15,18H,5-10H2,1-4H3,(H,14,17). The van der Waals surface area contributed by atoms with Crippen LogP contribution in [0.25, 0.3) is 0 Å². The van der Waals surface area contributed by atoms with Crippen molar-refractivity contribution in [2.24, 2.45) is 0 Å². The number of carbonyl (C=O) groups excluding carboxylic acids is 1. The first-order valence-electron chi connectivity index (χ1n) is 6.72. The Morgan fingerprint density at radius 1 is 1.56 bits per heavy atom. The first-order valence-corrected chi connectivity index (χ1v) is 6.72. The number of hydrogen-bond donors (Lipinski definition) is 3. The first kappa shape index (κ1) is 15.4. The predicted molar refractivity (Wildman–Crippen MR) is 72.4 cm³/mol. The predicted octanol–water partition coefficient (Wildman–Crippen LogP) is -0.0526. The Labute approximate surface area is 110 Å². The van der Waals surface area contributed by atoms with Gasteiger partial charge in [0.2, 0.25) is 5.91 Å². The topological polar surface area (TPSA) is 64.6 Å². The number of rotatable bonds is 6. The molecule has 0 radical (unpaired) electrons. The van der Waals surface area contributed by atoms with Crippen molar-refractivity contribution in [3.8, 4) is 0 Å². The molecule has 1 aliphatic rings. The number of likely N-dealkylation sites (N-methyl/N-ethyl adjacent to an activating group) is 1. The minimum Gasteiger partial charge on any atom is -0.387 e. The number of carbonyl (C=O) groups is 1. The zero-order valence-corrected chi connectivity index (χ0v) is 12.0. The van der Waals surface area contributed by atoms with E-state index < -0.39 is 11.1 Å². The van der Waals surface area contributed by atoms with E-state index in [9.17, 15) is 9.90 Å². The number of nitrogens with one attached hydrogen (secondary N) is 2. The minimum atomic E-state index is -0.896. The van der Waals surface area contributed by atoms with Crippen molar-refractivity contribution in [2.45, 2.75) is 44.2 Å². The van der Waals surface area contributed by atoms with E-state index in [1.807, 2.05) is 25.9 Å². The lowest BCUT2D eigenvalue weighted by molar-refractivity contribution is -0.128. The van der Waals surface area contributed by atoms with Crippen LogP contribution in [-0.4, -0.2) is 60.8 Å². The Balaban J connectivity index is 2.50. The molecule has 1 amide bonds. The molecule has 2 atom stereocenters. The van der Waals surface area contributed by atoms with Gasteiger partial charge in [-0.25, -0.2) is 0 Å². The van der Waals surface area contributed by atoms with Gasteiger partial charge in [0.15, 0.2) is 0 Å². The number of aliphatic hydroxyl groups is 1. The average molecular weight is 257 g/mol. The summed E-state index contributed by atoms with van der Waals surface area (Å²) in [6.45, 7) is 5.48. The number of nitrogens with zero attached hydrogens (tertiary/aromatic N) is 1. The van der Waals surface area contributed by atoms with Gasteiger partial charge in [-0.15, -0.1) is 0 Å². The lowest BCUT2D eigenvalue weighted by atomic mass is 9.92. The van der Waals surface area contributed by atoms with Crippen LogP contribution in [0.1, 0.15) is 33.1 Å². The fourth-order valence-corrected chi connectivity index (χ4v) is 2.64. The molecule has 5 nitrogen and oxygen atoms in total. The molecule has 0 bridgehead atoms. The number of amides is 1. The molecular formula is C13H27N3O2. The van der Waals surface area contributed by atoms with E-state index in [0.717, 1.165) is 25.8 Å². The highest BCUT2D eigenvalue weighted by Gasteiger charge is 2.39. The molecule has 3 N–H and O–H groups in total. The summed E-state index contributed by atoms with van der Waals surface area (Å²) >= 11 is 0. The van der Waals surface area contributed by atoms with Crippen LogP contribution < -0.4 is 10.6 Å². The Bertz CT molecular complexity index is 284. The zero-order chi connectivity index (χ0) is 13.8. The molecule has 0 spiro atoms. The normalized spacial score (nSPS) is 27.2. The third-order valence-corrected chi connectivity index (χ3v) is 3.57. The maximum Gasteiger partial charge on any atom is 0.240 e. The van der Waals surface area contributed by atoms with E-state index in [1.165, 1.54) is 0 Å². The van der Waals surface area contributed by atoms with Crippen LogP contribution in [0.2, 0.25) is 0 Å². The average Bonchev–Trinajstić information content (AvgIpc) is 2.74. The van der Waals surface area contributed by atoms with E-state index in [2.05, 4.69) is 10.6 Å². The van der Waals surface area contributed by atoms with Crippen molar-refractivity contribution in [1.29, 1.82) is 0 Å². The van der Waals surface area contributed by atoms with Gasteiger partial charge in [0.1, 0.15) is 0 Å². The summed E-state index contributed by atoms with van der Waals surface area (Å²) in [4.78, 5) is 14.1. The fourth-order valence-electron chi connectivity index (χ4n) is 2.64. The summed E-state index contributed by atoms with van der Waals surface area (Å²) in [5.41, 5.74) is -1.32. The number of hydrogen-bond acceptors (Lipinski definition) is 4. The molecule has 1 fully saturated rings. The molecular weight excluding hydrogens is 230 g/mol. The highest BCUT2D eigenvalue weighted by Crippen LogP contribution is 2.23. The van der Waals surface area contributed by atoms with Crippen molar-refractivity contribution < 1.29 is 9.90 Å². The van der Waals surface area contributed by atoms with Gasteiger partial charge in [-0.2, -0.15) is 0 Å². The summed E-state index contributed by atoms with van der Waals surface area (Å²) < 4.78 is 0. The van der Waals surface area contributed by atoms with Crippen LogP contribution in [0.3, 0.4) is 0 Å². The highest BCUT2D eigenvalue weighted by atomic mass is 16.3. The van der Waals surface area contributed by atoms with Gasteiger partial charge in [0, 0.05) is 13.1 Å². The Morgan fingerprint density at radius 2 is 2.22 bits per heavy atom. The van der Waals surface area contributed by atoms with Crippen LogP contribution in [-0.2, 0) is 4.79 Å². The van der Waals surface area contributed by atoms with Crippen LogP contribution in [0, 0.1) is 0 Å². The molecule has 0 aromatic heterocycles. The quantitative estimate of drug-likeness (QED) is 0.624. The Kier molecular flexibility index (Phi) is 5.13. The van der Waals surface area contributed by atoms with E-state index >= 15 is 0 Å². The van der Waals surface area contributed by atoms with Crippen LogP contribution in [0.5, 0.6) is 0 Å². The van der Waals surface area contributed by atoms with E-state index in [0.29, 0.717) is 6.54 Å². The molecule has 1 aliphatic heterocycles. The lowest BCUT2D eigenvalue weighted by Crippen LogP contribution is -2.56. The smallest absolute Gasteiger partial charge is 0.240 e. The Morgan fingerprint density at radius 3 is 2.67 bits per heavy atom. The fraction of sp³-hybridized carbons (Fsp3) is 0.923. The lowest BCUT2D eigenvalue weighted by Gasteiger charge is -2.31. The Hall–Kier alpha value is -0.650. The van der Waals surface area contributed by atoms with Gasteiger partial charge >= 0.3 is 0 Å². The third kappa shape index (κ3) is 3.93. The summed E-state index contributed by atoms with van der Waals surface area (Å²) in [5, 5.41) is 16.3. The summed E-state index contributed by atoms with van der Waals surface area (Å²) in [7, 11) is 3.81. The van der Waals surface area contributed by atoms with E-state index in [1.54, 1.807) is 6.92 Å². The van der Waals surface area contributed by atoms with Gasteiger partial charge in [0.25, 0.3) is 0 Å². The van der Waals surface area contributed by atoms with Crippen molar-refractivity contribution in [2.75, 3.05) is 33.7 Å². The van der Waals surface area contributed by atoms with Crippen LogP contribution in [0.15, 0.2) is 0 Å². The van der Waals surface area contributed by atoms with Gasteiger partial charge in [-0.3, -0.25) is 4.79 Å². The van der Waals surface area contributed by atoms with E-state index in [4.69, 9.17) is 0 Å². The summed E-state index contributed by atoms with van der Waals surface area (Å²) in [6, 6.07) is 0. The SMILES string of the molecule is CCC1(C(=O)NCC(C)(O)CN(C)C)CCCN1. The van der Waals surface area contributed by atoms with Crippen LogP contribution in [0.4, 0.5) is 0 Å². The van der Waals surface area contributed by atoms with E-state index in [-0.39, 0.29) is 12.5 Å². The molecule has 1 saturated heterocycles. The van der Waals surface area contributed by atoms with Gasteiger partial charge < -0.3 is 20.6 Å². The third-order valence-electron chi connectivity index (χ3n) is 3.57. The second-order valence-electron chi connectivity index (χ2n) is 5.88. The molecule has 2 unspecified atom stereocenters. The molecule has 1 rings (SSSR count). The monoisotopic (exact) mass is 257 g/mol. The zero-order valence-electron chi connectivity index (χ0n) is 12.0. The molecule has 106 valence electrons. The largest absolute Gasteiger partial charge is 0.387 e. The van der Waals surface area contributed by atoms with Crippen LogP contribution >= 0.6 is 0 Å². The second kappa shape index (κ2) is 5.99. The molecule has 5 heteroatoms. The van der Waals surface area contributed by atoms with Crippen molar-refractivity contribution in [3.05, 3.63) is 0 Å². The van der Waals surface area contributed by atoms with Gasteiger partial charge in [0.05, 0.1) is 11.1 Å². The minimum absolute atomic E-state index is 0.0153.